The summed E-state index contributed by atoms with van der Waals surface area (Å²) in [7, 11) is 0. The molecule has 0 bridgehead atoms. The Morgan fingerprint density at radius 1 is 1.71 bits per heavy atom. The zero-order chi connectivity index (χ0) is 4.99. The monoisotopic (exact) mass is 109 g/mol. The number of rotatable bonds is 1. The molecular formula is C4H6NaO2. The van der Waals surface area contributed by atoms with Gasteiger partial charge in [0.15, 0.2) is 0 Å². The largest absolute Gasteiger partial charge is 0.478 e. The van der Waals surface area contributed by atoms with E-state index in [0.29, 0.717) is 0 Å². The number of carboxylic acid groups (broad SMARTS) is 1. The summed E-state index contributed by atoms with van der Waals surface area (Å²) in [5, 5.41) is 7.83. The molecule has 0 unspecified atom stereocenters. The van der Waals surface area contributed by atoms with Crippen LogP contribution >= 0.6 is 0 Å². The van der Waals surface area contributed by atoms with Gasteiger partial charge in [-0.1, -0.05) is 6.08 Å². The van der Waals surface area contributed by atoms with Crippen molar-refractivity contribution in [2.75, 3.05) is 0 Å². The molecule has 0 aliphatic carbocycles. The Labute approximate surface area is 64.5 Å². The van der Waals surface area contributed by atoms with E-state index in [9.17, 15) is 4.79 Å². The maximum Gasteiger partial charge on any atom is 0.327 e. The number of hydrogen-bond donors (Lipinski definition) is 1. The average molecular weight is 109 g/mol. The molecule has 0 atom stereocenters. The molecule has 0 aliphatic rings. The molecule has 2 nitrogen and oxygen atoms in total. The van der Waals surface area contributed by atoms with Gasteiger partial charge in [-0.2, -0.15) is 0 Å². The normalized spacial score (nSPS) is 8.14. The van der Waals surface area contributed by atoms with Crippen molar-refractivity contribution < 1.29 is 9.90 Å². The molecule has 0 spiro atoms. The van der Waals surface area contributed by atoms with Crippen molar-refractivity contribution in [1.29, 1.82) is 0 Å². The molecule has 0 aromatic rings. The first-order valence-electron chi connectivity index (χ1n) is 1.63. The zero-order valence-electron chi connectivity index (χ0n) is 4.51. The zero-order valence-corrected chi connectivity index (χ0v) is 6.51. The van der Waals surface area contributed by atoms with Gasteiger partial charge < -0.3 is 5.11 Å². The van der Waals surface area contributed by atoms with Crippen molar-refractivity contribution in [3.8, 4) is 0 Å². The topological polar surface area (TPSA) is 37.3 Å². The van der Waals surface area contributed by atoms with E-state index in [2.05, 4.69) is 0 Å². The summed E-state index contributed by atoms with van der Waals surface area (Å²) < 4.78 is 0. The van der Waals surface area contributed by atoms with Crippen LogP contribution in [0.5, 0.6) is 0 Å². The molecule has 0 aromatic heterocycles. The first-order valence-corrected chi connectivity index (χ1v) is 1.63. The molecule has 35 valence electrons. The average Bonchev–Trinajstić information content (AvgIpc) is 1.35. The maximum absolute atomic E-state index is 9.51. The predicted octanol–water partition coefficient (Wildman–Crippen LogP) is 0.266. The Morgan fingerprint density at radius 2 is 2.14 bits per heavy atom. The molecule has 1 N–H and O–H groups in total. The quantitative estimate of drug-likeness (QED) is 0.387. The number of carbonyl (C=O) groups is 1. The van der Waals surface area contributed by atoms with Crippen LogP contribution in [-0.2, 0) is 4.79 Å². The van der Waals surface area contributed by atoms with E-state index in [4.69, 9.17) is 5.11 Å². The minimum absolute atomic E-state index is 0. The molecule has 0 aliphatic heterocycles. The third-order valence-electron chi connectivity index (χ3n) is 0.309. The van der Waals surface area contributed by atoms with Gasteiger partial charge in [-0.25, -0.2) is 4.79 Å². The maximum atomic E-state index is 9.51. The summed E-state index contributed by atoms with van der Waals surface area (Å²) in [5.74, 6) is -0.891. The summed E-state index contributed by atoms with van der Waals surface area (Å²) >= 11 is 0. The molecule has 0 fully saturated rings. The first kappa shape index (κ1) is 10.2. The minimum atomic E-state index is -0.891. The summed E-state index contributed by atoms with van der Waals surface area (Å²) in [6, 6.07) is 0. The van der Waals surface area contributed by atoms with Crippen molar-refractivity contribution in [3.63, 3.8) is 0 Å². The SMILES string of the molecule is CC=CC(=O)O.[Na]. The molecule has 1 radical (unpaired) electrons. The van der Waals surface area contributed by atoms with E-state index in [1.807, 2.05) is 0 Å². The summed E-state index contributed by atoms with van der Waals surface area (Å²) in [6.45, 7) is 1.66. The second kappa shape index (κ2) is 6.21. The van der Waals surface area contributed by atoms with E-state index >= 15 is 0 Å². The molecule has 0 heterocycles. The van der Waals surface area contributed by atoms with E-state index in [1.165, 1.54) is 6.08 Å². The predicted molar refractivity (Wildman–Crippen MR) is 28.2 cm³/mol. The Kier molecular flexibility index (Phi) is 9.09. The Balaban J connectivity index is 0. The summed E-state index contributed by atoms with van der Waals surface area (Å²) in [4.78, 5) is 9.51. The number of hydrogen-bond acceptors (Lipinski definition) is 1. The van der Waals surface area contributed by atoms with Crippen LogP contribution in [0.2, 0.25) is 0 Å². The van der Waals surface area contributed by atoms with Gasteiger partial charge in [-0.15, -0.1) is 0 Å². The summed E-state index contributed by atoms with van der Waals surface area (Å²) in [6.07, 6.45) is 2.56. The second-order valence-corrected chi connectivity index (χ2v) is 0.838. The van der Waals surface area contributed by atoms with Gasteiger partial charge in [0.05, 0.1) is 0 Å². The van der Waals surface area contributed by atoms with Gasteiger partial charge in [-0.05, 0) is 6.92 Å². The van der Waals surface area contributed by atoms with Crippen molar-refractivity contribution in [3.05, 3.63) is 12.2 Å². The molecule has 0 amide bonds. The van der Waals surface area contributed by atoms with Crippen molar-refractivity contribution in [2.24, 2.45) is 0 Å². The molecular weight excluding hydrogens is 103 g/mol. The van der Waals surface area contributed by atoms with Crippen LogP contribution in [0.4, 0.5) is 0 Å². The third-order valence-corrected chi connectivity index (χ3v) is 0.309. The standard InChI is InChI=1S/C4H6O2.Na/c1-2-3-4(5)6;/h2-3H,1H3,(H,5,6);. The second-order valence-electron chi connectivity index (χ2n) is 0.838. The fourth-order valence-corrected chi connectivity index (χ4v) is 0.143. The molecule has 7 heavy (non-hydrogen) atoms. The number of aliphatic carboxylic acids is 1. The number of carboxylic acids is 1. The number of allylic oxidation sites excluding steroid dienone is 1. The van der Waals surface area contributed by atoms with Crippen LogP contribution in [0, 0.1) is 0 Å². The third kappa shape index (κ3) is 10.7. The van der Waals surface area contributed by atoms with Crippen LogP contribution in [0.1, 0.15) is 6.92 Å². The van der Waals surface area contributed by atoms with Gasteiger partial charge >= 0.3 is 5.97 Å². The first-order chi connectivity index (χ1) is 2.77. The molecule has 0 saturated heterocycles. The van der Waals surface area contributed by atoms with Crippen LogP contribution in [0.25, 0.3) is 0 Å². The van der Waals surface area contributed by atoms with Gasteiger partial charge in [0.2, 0.25) is 0 Å². The van der Waals surface area contributed by atoms with Crippen molar-refractivity contribution >= 4 is 35.5 Å². The van der Waals surface area contributed by atoms with Gasteiger partial charge in [-0.3, -0.25) is 0 Å². The Morgan fingerprint density at radius 3 is 2.14 bits per heavy atom. The van der Waals surface area contributed by atoms with Crippen molar-refractivity contribution in [2.45, 2.75) is 6.92 Å². The van der Waals surface area contributed by atoms with Crippen molar-refractivity contribution in [1.82, 2.24) is 0 Å². The molecule has 3 heteroatoms. The van der Waals surface area contributed by atoms with E-state index in [-0.39, 0.29) is 29.6 Å². The fraction of sp³-hybridized carbons (Fsp3) is 0.250. The summed E-state index contributed by atoms with van der Waals surface area (Å²) in [5.41, 5.74) is 0. The minimum Gasteiger partial charge on any atom is -0.478 e. The van der Waals surface area contributed by atoms with E-state index in [0.717, 1.165) is 6.08 Å². The smallest absolute Gasteiger partial charge is 0.327 e. The Hall–Kier alpha value is 0.210. The van der Waals surface area contributed by atoms with Crippen LogP contribution in [0.15, 0.2) is 12.2 Å². The van der Waals surface area contributed by atoms with Gasteiger partial charge in [0.1, 0.15) is 0 Å². The fourth-order valence-electron chi connectivity index (χ4n) is 0.143. The van der Waals surface area contributed by atoms with Crippen LogP contribution in [0.3, 0.4) is 0 Å². The molecule has 0 saturated carbocycles. The van der Waals surface area contributed by atoms with Crippen LogP contribution < -0.4 is 0 Å². The van der Waals surface area contributed by atoms with E-state index < -0.39 is 5.97 Å². The molecule has 0 aromatic carbocycles. The molecule has 0 rings (SSSR count). The van der Waals surface area contributed by atoms with Crippen LogP contribution in [-0.4, -0.2) is 40.6 Å². The van der Waals surface area contributed by atoms with Gasteiger partial charge in [0.25, 0.3) is 0 Å². The Bertz CT molecular complexity index is 77.8. The van der Waals surface area contributed by atoms with E-state index in [1.54, 1.807) is 6.92 Å². The van der Waals surface area contributed by atoms with Gasteiger partial charge in [0, 0.05) is 35.6 Å².